The molecule has 2 N–H and O–H groups in total. The Labute approximate surface area is 217 Å². The van der Waals surface area contributed by atoms with E-state index in [4.69, 9.17) is 0 Å². The summed E-state index contributed by atoms with van der Waals surface area (Å²) < 4.78 is 94.2. The first-order chi connectivity index (χ1) is 18.4. The van der Waals surface area contributed by atoms with Gasteiger partial charge in [0.25, 0.3) is 0 Å². The summed E-state index contributed by atoms with van der Waals surface area (Å²) in [4.78, 5) is 11.6. The highest BCUT2D eigenvalue weighted by Crippen LogP contribution is 2.40. The lowest BCUT2D eigenvalue weighted by Crippen LogP contribution is -2.21. The number of aromatic nitrogens is 3. The van der Waals surface area contributed by atoms with Crippen LogP contribution >= 0.6 is 0 Å². The van der Waals surface area contributed by atoms with Crippen LogP contribution in [-0.4, -0.2) is 33.2 Å². The molecule has 2 aromatic heterocycles. The van der Waals surface area contributed by atoms with Gasteiger partial charge in [-0.25, -0.2) is 9.37 Å². The number of rotatable bonds is 5. The average Bonchev–Trinajstić information content (AvgIpc) is 3.31. The molecule has 0 bridgehead atoms. The molecule has 1 aliphatic heterocycles. The second-order valence-corrected chi connectivity index (χ2v) is 8.74. The third kappa shape index (κ3) is 5.29. The van der Waals surface area contributed by atoms with E-state index in [0.717, 1.165) is 6.07 Å². The molecule has 3 heterocycles. The molecular formula is C26H19F7N6. The number of imidazole rings is 1. The Hall–Kier alpha value is -4.42. The zero-order valence-electron chi connectivity index (χ0n) is 20.1. The summed E-state index contributed by atoms with van der Waals surface area (Å²) in [5, 5.41) is 8.76. The molecule has 0 aliphatic carbocycles. The quantitative estimate of drug-likeness (QED) is 0.272. The summed E-state index contributed by atoms with van der Waals surface area (Å²) in [7, 11) is 1.61. The van der Waals surface area contributed by atoms with E-state index in [2.05, 4.69) is 25.4 Å². The summed E-state index contributed by atoms with van der Waals surface area (Å²) >= 11 is 0. The fraction of sp³-hybridized carbons (Fsp3) is 0.192. The number of anilines is 1. The molecule has 2 aromatic carbocycles. The fourth-order valence-corrected chi connectivity index (χ4v) is 4.20. The van der Waals surface area contributed by atoms with E-state index in [-0.39, 0.29) is 30.4 Å². The maximum atomic E-state index is 14.7. The summed E-state index contributed by atoms with van der Waals surface area (Å²) in [5.41, 5.74) is -0.932. The molecule has 202 valence electrons. The Kier molecular flexibility index (Phi) is 6.52. The van der Waals surface area contributed by atoms with Gasteiger partial charge in [-0.15, -0.1) is 0 Å². The van der Waals surface area contributed by atoms with Crippen LogP contribution in [0.3, 0.4) is 0 Å². The van der Waals surface area contributed by atoms with Gasteiger partial charge >= 0.3 is 12.4 Å². The Morgan fingerprint density at radius 2 is 1.77 bits per heavy atom. The minimum Gasteiger partial charge on any atom is -0.386 e. The van der Waals surface area contributed by atoms with Crippen LogP contribution in [0, 0.1) is 5.82 Å². The van der Waals surface area contributed by atoms with Crippen molar-refractivity contribution in [1.82, 2.24) is 20.0 Å². The number of hydrogen-bond acceptors (Lipinski definition) is 5. The number of aromatic amines is 1. The van der Waals surface area contributed by atoms with Crippen molar-refractivity contribution < 1.29 is 30.7 Å². The number of halogens is 7. The van der Waals surface area contributed by atoms with Crippen LogP contribution in [0.5, 0.6) is 0 Å². The highest BCUT2D eigenvalue weighted by atomic mass is 19.4. The van der Waals surface area contributed by atoms with E-state index >= 15 is 0 Å². The molecule has 0 unspecified atom stereocenters. The van der Waals surface area contributed by atoms with Gasteiger partial charge in [0.05, 0.1) is 58.8 Å². The zero-order valence-corrected chi connectivity index (χ0v) is 20.1. The number of hydrogen-bond donors (Lipinski definition) is 2. The first kappa shape index (κ1) is 26.2. The van der Waals surface area contributed by atoms with E-state index in [1.54, 1.807) is 30.3 Å². The van der Waals surface area contributed by atoms with Crippen molar-refractivity contribution in [3.05, 3.63) is 88.6 Å². The van der Waals surface area contributed by atoms with Crippen LogP contribution in [0.15, 0.2) is 59.8 Å². The van der Waals surface area contributed by atoms with Crippen LogP contribution < -0.4 is 5.32 Å². The van der Waals surface area contributed by atoms with Gasteiger partial charge in [-0.2, -0.15) is 31.4 Å². The predicted octanol–water partition coefficient (Wildman–Crippen LogP) is 6.71. The second-order valence-electron chi connectivity index (χ2n) is 8.74. The largest absolute Gasteiger partial charge is 0.417 e. The maximum absolute atomic E-state index is 14.7. The topological polar surface area (TPSA) is 69.2 Å². The molecule has 0 spiro atoms. The lowest BCUT2D eigenvalue weighted by atomic mass is 9.99. The molecule has 6 nitrogen and oxygen atoms in total. The van der Waals surface area contributed by atoms with Crippen molar-refractivity contribution in [3.8, 4) is 22.6 Å². The van der Waals surface area contributed by atoms with Gasteiger partial charge in [0.2, 0.25) is 0 Å². The van der Waals surface area contributed by atoms with Crippen molar-refractivity contribution >= 4 is 11.9 Å². The molecule has 13 heteroatoms. The van der Waals surface area contributed by atoms with Crippen molar-refractivity contribution in [2.45, 2.75) is 25.4 Å². The molecule has 0 amide bonds. The van der Waals surface area contributed by atoms with E-state index in [1.165, 1.54) is 24.5 Å². The number of nitrogens with one attached hydrogen (secondary N) is 2. The van der Waals surface area contributed by atoms with Gasteiger partial charge in [-0.3, -0.25) is 9.99 Å². The third-order valence-electron chi connectivity index (χ3n) is 6.13. The van der Waals surface area contributed by atoms with Gasteiger partial charge in [0.1, 0.15) is 5.82 Å². The van der Waals surface area contributed by atoms with Crippen LogP contribution in [0.25, 0.3) is 22.6 Å². The minimum atomic E-state index is -5.00. The van der Waals surface area contributed by atoms with Crippen LogP contribution in [0.2, 0.25) is 0 Å². The standard InChI is InChI=1S/C26H19F7N6/c1-34-20-4-2-3-17(23(20)27)24-37-21-11-36-39(13-22(21)38-24)12-14-5-8-19(35-10-14)16-7-6-15(25(28,29)30)9-18(16)26(31,32)33/h2-11,34H,12-13H2,1H3,(H,37,38). The molecule has 0 radical (unpaired) electrons. The number of pyridine rings is 1. The van der Waals surface area contributed by atoms with Crippen molar-refractivity contribution in [2.24, 2.45) is 5.10 Å². The number of benzene rings is 2. The molecule has 0 atom stereocenters. The van der Waals surface area contributed by atoms with Gasteiger partial charge in [-0.1, -0.05) is 18.2 Å². The Morgan fingerprint density at radius 1 is 0.974 bits per heavy atom. The maximum Gasteiger partial charge on any atom is 0.417 e. The smallest absolute Gasteiger partial charge is 0.386 e. The Balaban J connectivity index is 1.33. The molecular weight excluding hydrogens is 529 g/mol. The summed E-state index contributed by atoms with van der Waals surface area (Å²) in [6.45, 7) is 0.503. The molecule has 4 aromatic rings. The van der Waals surface area contributed by atoms with Gasteiger partial charge in [0, 0.05) is 18.8 Å². The monoisotopic (exact) mass is 548 g/mol. The molecule has 1 aliphatic rings. The average molecular weight is 548 g/mol. The number of fused-ring (bicyclic) bond motifs is 1. The lowest BCUT2D eigenvalue weighted by Gasteiger charge is -2.21. The van der Waals surface area contributed by atoms with Crippen LogP contribution in [0.4, 0.5) is 36.4 Å². The number of hydrazone groups is 1. The normalized spacial score (nSPS) is 13.5. The van der Waals surface area contributed by atoms with E-state index in [1.807, 2.05) is 0 Å². The van der Waals surface area contributed by atoms with E-state index in [0.29, 0.717) is 34.5 Å². The number of H-pyrrole nitrogens is 1. The van der Waals surface area contributed by atoms with Gasteiger partial charge in [-0.05, 0) is 35.9 Å². The highest BCUT2D eigenvalue weighted by Gasteiger charge is 2.38. The van der Waals surface area contributed by atoms with Crippen LogP contribution in [-0.2, 0) is 25.4 Å². The zero-order chi connectivity index (χ0) is 27.9. The summed E-state index contributed by atoms with van der Waals surface area (Å²) in [5.74, 6) is -0.112. The molecule has 39 heavy (non-hydrogen) atoms. The molecule has 0 saturated heterocycles. The third-order valence-corrected chi connectivity index (χ3v) is 6.13. The van der Waals surface area contributed by atoms with E-state index in [9.17, 15) is 30.7 Å². The molecule has 0 fully saturated rings. The van der Waals surface area contributed by atoms with Crippen molar-refractivity contribution in [2.75, 3.05) is 12.4 Å². The first-order valence-electron chi connectivity index (χ1n) is 11.5. The summed E-state index contributed by atoms with van der Waals surface area (Å²) in [6, 6.07) is 9.20. The highest BCUT2D eigenvalue weighted by molar-refractivity contribution is 5.81. The van der Waals surface area contributed by atoms with Crippen molar-refractivity contribution in [1.29, 1.82) is 0 Å². The fourth-order valence-electron chi connectivity index (χ4n) is 4.20. The minimum absolute atomic E-state index is 0.0873. The van der Waals surface area contributed by atoms with Crippen LogP contribution in [0.1, 0.15) is 28.1 Å². The van der Waals surface area contributed by atoms with E-state index < -0.39 is 34.9 Å². The lowest BCUT2D eigenvalue weighted by molar-refractivity contribution is -0.142. The molecule has 5 rings (SSSR count). The SMILES string of the molecule is CNc1cccc(-c2nc3c([nH]2)C=NN(Cc2ccc(-c4ccc(C(F)(F)F)cc4C(F)(F)F)nc2)C3)c1F. The van der Waals surface area contributed by atoms with Gasteiger partial charge in [0.15, 0.2) is 5.82 Å². The molecule has 0 saturated carbocycles. The summed E-state index contributed by atoms with van der Waals surface area (Å²) in [6.07, 6.45) is -7.04. The predicted molar refractivity (Wildman–Crippen MR) is 130 cm³/mol. The number of alkyl halides is 6. The Morgan fingerprint density at radius 3 is 2.44 bits per heavy atom. The van der Waals surface area contributed by atoms with Gasteiger partial charge < -0.3 is 10.3 Å². The Bertz CT molecular complexity index is 1540. The van der Waals surface area contributed by atoms with Crippen molar-refractivity contribution in [3.63, 3.8) is 0 Å². The first-order valence-corrected chi connectivity index (χ1v) is 11.5. The second kappa shape index (κ2) is 9.71. The number of nitrogens with zero attached hydrogens (tertiary/aromatic N) is 4.